The van der Waals surface area contributed by atoms with E-state index in [0.29, 0.717) is 17.8 Å². The fourth-order valence-electron chi connectivity index (χ4n) is 1.34. The van der Waals surface area contributed by atoms with E-state index in [-0.39, 0.29) is 10.9 Å². The minimum absolute atomic E-state index is 0.250. The first-order valence-electron chi connectivity index (χ1n) is 5.87. The zero-order valence-electron chi connectivity index (χ0n) is 11.3. The van der Waals surface area contributed by atoms with Crippen LogP contribution >= 0.6 is 12.2 Å². The SMILES string of the molecule is CC(C)CNS(=O)(=O)N(C)c1ccc(C(N)=S)cc1. The molecule has 0 atom stereocenters. The lowest BCUT2D eigenvalue weighted by atomic mass is 10.2. The largest absolute Gasteiger partial charge is 0.389 e. The van der Waals surface area contributed by atoms with Gasteiger partial charge in [-0.1, -0.05) is 26.1 Å². The number of nitrogens with two attached hydrogens (primary N) is 1. The quantitative estimate of drug-likeness (QED) is 0.775. The van der Waals surface area contributed by atoms with Gasteiger partial charge in [0.1, 0.15) is 4.99 Å². The Kier molecular flexibility index (Phi) is 5.28. The van der Waals surface area contributed by atoms with Crippen LogP contribution in [0.15, 0.2) is 24.3 Å². The topological polar surface area (TPSA) is 75.4 Å². The van der Waals surface area contributed by atoms with Crippen molar-refractivity contribution < 1.29 is 8.42 Å². The number of benzene rings is 1. The molecule has 0 heterocycles. The summed E-state index contributed by atoms with van der Waals surface area (Å²) in [6.07, 6.45) is 0. The number of hydrogen-bond acceptors (Lipinski definition) is 3. The molecule has 0 saturated heterocycles. The minimum Gasteiger partial charge on any atom is -0.389 e. The van der Waals surface area contributed by atoms with Crippen LogP contribution in [0.25, 0.3) is 0 Å². The summed E-state index contributed by atoms with van der Waals surface area (Å²) in [5.41, 5.74) is 6.75. The molecule has 0 aliphatic rings. The summed E-state index contributed by atoms with van der Waals surface area (Å²) < 4.78 is 27.8. The highest BCUT2D eigenvalue weighted by atomic mass is 32.2. The molecule has 0 fully saturated rings. The second-order valence-electron chi connectivity index (χ2n) is 4.63. The maximum Gasteiger partial charge on any atom is 0.301 e. The fraction of sp³-hybridized carbons (Fsp3) is 0.417. The van der Waals surface area contributed by atoms with E-state index in [4.69, 9.17) is 18.0 Å². The van der Waals surface area contributed by atoms with Gasteiger partial charge in [0.2, 0.25) is 0 Å². The zero-order valence-corrected chi connectivity index (χ0v) is 12.9. The molecule has 106 valence electrons. The van der Waals surface area contributed by atoms with Gasteiger partial charge >= 0.3 is 10.2 Å². The Hall–Kier alpha value is -1.18. The van der Waals surface area contributed by atoms with Crippen molar-refractivity contribution in [3.05, 3.63) is 29.8 Å². The Morgan fingerprint density at radius 1 is 1.37 bits per heavy atom. The molecule has 5 nitrogen and oxygen atoms in total. The lowest BCUT2D eigenvalue weighted by Gasteiger charge is -2.20. The van der Waals surface area contributed by atoms with Crippen LogP contribution in [-0.4, -0.2) is 27.0 Å². The first-order valence-corrected chi connectivity index (χ1v) is 7.72. The summed E-state index contributed by atoms with van der Waals surface area (Å²) in [6, 6.07) is 6.74. The number of rotatable bonds is 6. The van der Waals surface area contributed by atoms with Gasteiger partial charge in [0, 0.05) is 19.2 Å². The minimum atomic E-state index is -3.52. The van der Waals surface area contributed by atoms with Gasteiger partial charge in [-0.2, -0.15) is 13.1 Å². The van der Waals surface area contributed by atoms with Gasteiger partial charge in [-0.05, 0) is 30.2 Å². The maximum atomic E-state index is 12.0. The van der Waals surface area contributed by atoms with Crippen LogP contribution in [0.1, 0.15) is 19.4 Å². The van der Waals surface area contributed by atoms with Crippen LogP contribution in [0.2, 0.25) is 0 Å². The Morgan fingerprint density at radius 2 is 1.89 bits per heavy atom. The molecule has 7 heteroatoms. The van der Waals surface area contributed by atoms with Crippen molar-refractivity contribution in [2.75, 3.05) is 17.9 Å². The Labute approximate surface area is 120 Å². The molecule has 0 aliphatic carbocycles. The third-order valence-electron chi connectivity index (χ3n) is 2.55. The summed E-state index contributed by atoms with van der Waals surface area (Å²) in [6.45, 7) is 4.29. The molecule has 3 N–H and O–H groups in total. The molecule has 0 bridgehead atoms. The summed E-state index contributed by atoms with van der Waals surface area (Å²) in [4.78, 5) is 0.287. The van der Waals surface area contributed by atoms with E-state index < -0.39 is 10.2 Å². The summed E-state index contributed by atoms with van der Waals surface area (Å²) in [5, 5.41) is 0. The molecule has 0 saturated carbocycles. The van der Waals surface area contributed by atoms with Crippen LogP contribution in [0.5, 0.6) is 0 Å². The van der Waals surface area contributed by atoms with Crippen molar-refractivity contribution in [2.24, 2.45) is 11.7 Å². The van der Waals surface area contributed by atoms with Crippen LogP contribution in [0.3, 0.4) is 0 Å². The van der Waals surface area contributed by atoms with Gasteiger partial charge in [-0.15, -0.1) is 0 Å². The first-order chi connectivity index (χ1) is 8.74. The lowest BCUT2D eigenvalue weighted by Crippen LogP contribution is -2.39. The Balaban J connectivity index is 2.87. The normalized spacial score (nSPS) is 11.6. The predicted molar refractivity (Wildman–Crippen MR) is 82.5 cm³/mol. The zero-order chi connectivity index (χ0) is 14.6. The monoisotopic (exact) mass is 301 g/mol. The Morgan fingerprint density at radius 3 is 2.32 bits per heavy atom. The van der Waals surface area contributed by atoms with Crippen molar-refractivity contribution in [1.29, 1.82) is 0 Å². The first kappa shape index (κ1) is 15.9. The second kappa shape index (κ2) is 6.31. The van der Waals surface area contributed by atoms with Crippen LogP contribution in [-0.2, 0) is 10.2 Å². The van der Waals surface area contributed by atoms with Gasteiger partial charge in [-0.25, -0.2) is 0 Å². The average Bonchev–Trinajstić information content (AvgIpc) is 2.35. The van der Waals surface area contributed by atoms with E-state index in [1.807, 2.05) is 13.8 Å². The molecule has 0 radical (unpaired) electrons. The molecular weight excluding hydrogens is 282 g/mol. The molecule has 0 aromatic heterocycles. The second-order valence-corrected chi connectivity index (χ2v) is 6.85. The Bertz CT molecular complexity index is 539. The standard InChI is InChI=1S/C12H19N3O2S2/c1-9(2)8-14-19(16,17)15(3)11-6-4-10(5-7-11)12(13)18/h4-7,9,14H,8H2,1-3H3,(H2,13,18). The van der Waals surface area contributed by atoms with E-state index in [2.05, 4.69) is 4.72 Å². The molecular formula is C12H19N3O2S2. The number of anilines is 1. The van der Waals surface area contributed by atoms with E-state index in [9.17, 15) is 8.42 Å². The van der Waals surface area contributed by atoms with Crippen molar-refractivity contribution in [3.63, 3.8) is 0 Å². The van der Waals surface area contributed by atoms with Crippen LogP contribution < -0.4 is 14.8 Å². The van der Waals surface area contributed by atoms with E-state index in [0.717, 1.165) is 0 Å². The molecule has 19 heavy (non-hydrogen) atoms. The number of hydrogen-bond donors (Lipinski definition) is 2. The highest BCUT2D eigenvalue weighted by Gasteiger charge is 2.17. The van der Waals surface area contributed by atoms with Gasteiger partial charge in [0.25, 0.3) is 0 Å². The summed E-state index contributed by atoms with van der Waals surface area (Å²) >= 11 is 4.85. The molecule has 0 unspecified atom stereocenters. The number of nitrogens with zero attached hydrogens (tertiary/aromatic N) is 1. The fourth-order valence-corrected chi connectivity index (χ4v) is 2.62. The smallest absolute Gasteiger partial charge is 0.301 e. The summed E-state index contributed by atoms with van der Waals surface area (Å²) in [7, 11) is -2.02. The molecule has 1 aromatic rings. The van der Waals surface area contributed by atoms with Crippen molar-refractivity contribution in [2.45, 2.75) is 13.8 Å². The van der Waals surface area contributed by atoms with Crippen LogP contribution in [0.4, 0.5) is 5.69 Å². The van der Waals surface area contributed by atoms with Gasteiger partial charge in [-0.3, -0.25) is 4.31 Å². The van der Waals surface area contributed by atoms with Crippen molar-refractivity contribution in [1.82, 2.24) is 4.72 Å². The highest BCUT2D eigenvalue weighted by Crippen LogP contribution is 2.16. The third-order valence-corrected chi connectivity index (χ3v) is 4.25. The molecule has 0 spiro atoms. The van der Waals surface area contributed by atoms with Crippen molar-refractivity contribution in [3.8, 4) is 0 Å². The lowest BCUT2D eigenvalue weighted by molar-refractivity contribution is 0.558. The average molecular weight is 301 g/mol. The van der Waals surface area contributed by atoms with E-state index in [1.54, 1.807) is 24.3 Å². The number of thiocarbonyl (C=S) groups is 1. The van der Waals surface area contributed by atoms with E-state index >= 15 is 0 Å². The van der Waals surface area contributed by atoms with E-state index in [1.165, 1.54) is 11.4 Å². The highest BCUT2D eigenvalue weighted by molar-refractivity contribution is 7.90. The maximum absolute atomic E-state index is 12.0. The predicted octanol–water partition coefficient (Wildman–Crippen LogP) is 1.25. The molecule has 1 rings (SSSR count). The summed E-state index contributed by atoms with van der Waals surface area (Å²) in [5.74, 6) is 0.250. The third kappa shape index (κ3) is 4.45. The molecule has 0 amide bonds. The van der Waals surface area contributed by atoms with Gasteiger partial charge in [0.05, 0.1) is 5.69 Å². The van der Waals surface area contributed by atoms with Gasteiger partial charge in [0.15, 0.2) is 0 Å². The molecule has 0 aliphatic heterocycles. The molecule has 1 aromatic carbocycles. The number of nitrogens with one attached hydrogen (secondary N) is 1. The van der Waals surface area contributed by atoms with Gasteiger partial charge < -0.3 is 5.73 Å². The van der Waals surface area contributed by atoms with Crippen LogP contribution in [0, 0.1) is 5.92 Å². The van der Waals surface area contributed by atoms with Crippen molar-refractivity contribution >= 4 is 33.1 Å².